The van der Waals surface area contributed by atoms with Crippen LogP contribution < -0.4 is 5.32 Å². The summed E-state index contributed by atoms with van der Waals surface area (Å²) in [6.45, 7) is 6.56. The largest absolute Gasteiger partial charge is 0.373 e. The van der Waals surface area contributed by atoms with Gasteiger partial charge in [0.15, 0.2) is 5.82 Å². The highest BCUT2D eigenvalue weighted by atomic mass is 15.6. The fraction of sp³-hybridized carbons (Fsp3) is 0.409. The van der Waals surface area contributed by atoms with Crippen LogP contribution in [0, 0.1) is 19.8 Å². The summed E-state index contributed by atoms with van der Waals surface area (Å²) in [5, 5.41) is 16.8. The van der Waals surface area contributed by atoms with Gasteiger partial charge in [-0.2, -0.15) is 4.68 Å². The van der Waals surface area contributed by atoms with Gasteiger partial charge in [-0.05, 0) is 85.2 Å². The summed E-state index contributed by atoms with van der Waals surface area (Å²) in [4.78, 5) is 0. The molecule has 5 heteroatoms. The van der Waals surface area contributed by atoms with Gasteiger partial charge >= 0.3 is 0 Å². The summed E-state index contributed by atoms with van der Waals surface area (Å²) in [6.07, 6.45) is 4.38. The van der Waals surface area contributed by atoms with Crippen molar-refractivity contribution in [2.75, 3.05) is 5.32 Å². The summed E-state index contributed by atoms with van der Waals surface area (Å²) >= 11 is 0. The number of nitrogens with zero attached hydrogens (tertiary/aromatic N) is 4. The molecule has 0 amide bonds. The highest BCUT2D eigenvalue weighted by Crippen LogP contribution is 2.41. The summed E-state index contributed by atoms with van der Waals surface area (Å²) in [5.74, 6) is 1.64. The Bertz CT molecular complexity index is 922. The van der Waals surface area contributed by atoms with Gasteiger partial charge in [0, 0.05) is 5.69 Å². The molecule has 1 aliphatic rings. The van der Waals surface area contributed by atoms with Crippen molar-refractivity contribution in [3.8, 4) is 5.69 Å². The standard InChI is InChI=1S/C22H27N5/c1-16-11-13-22(14-12-16,23-19-9-6-7-17(2)15-19)21-24-25-26-27(21)20-10-5-4-8-18(20)3/h4-10,15-16,23H,11-14H2,1-3H3. The molecule has 2 aromatic carbocycles. The van der Waals surface area contributed by atoms with Crippen molar-refractivity contribution in [2.24, 2.45) is 5.92 Å². The van der Waals surface area contributed by atoms with Crippen LogP contribution in [0.1, 0.15) is 49.6 Å². The maximum atomic E-state index is 4.51. The molecule has 1 aromatic heterocycles. The number of rotatable bonds is 4. The molecule has 3 aromatic rings. The van der Waals surface area contributed by atoms with Crippen LogP contribution in [-0.2, 0) is 5.54 Å². The lowest BCUT2D eigenvalue weighted by Crippen LogP contribution is -2.41. The number of aromatic nitrogens is 4. The molecule has 140 valence electrons. The number of hydrogen-bond acceptors (Lipinski definition) is 4. The molecule has 1 saturated carbocycles. The Morgan fingerprint density at radius 3 is 2.56 bits per heavy atom. The zero-order valence-corrected chi connectivity index (χ0v) is 16.3. The smallest absolute Gasteiger partial charge is 0.181 e. The molecule has 1 N–H and O–H groups in total. The predicted octanol–water partition coefficient (Wildman–Crippen LogP) is 4.80. The molecule has 27 heavy (non-hydrogen) atoms. The molecule has 0 unspecified atom stereocenters. The van der Waals surface area contributed by atoms with Gasteiger partial charge in [-0.25, -0.2) is 0 Å². The molecule has 0 spiro atoms. The summed E-state index contributed by atoms with van der Waals surface area (Å²) in [7, 11) is 0. The molecular formula is C22H27N5. The minimum Gasteiger partial charge on any atom is -0.373 e. The third-order valence-corrected chi connectivity index (χ3v) is 5.77. The van der Waals surface area contributed by atoms with Crippen molar-refractivity contribution in [2.45, 2.75) is 52.0 Å². The van der Waals surface area contributed by atoms with E-state index in [9.17, 15) is 0 Å². The Morgan fingerprint density at radius 2 is 1.81 bits per heavy atom. The number of hydrogen-bond donors (Lipinski definition) is 1. The molecule has 0 saturated heterocycles. The van der Waals surface area contributed by atoms with E-state index < -0.39 is 0 Å². The average molecular weight is 361 g/mol. The molecule has 1 aliphatic carbocycles. The Balaban J connectivity index is 1.79. The quantitative estimate of drug-likeness (QED) is 0.725. The van der Waals surface area contributed by atoms with Crippen LogP contribution in [0.2, 0.25) is 0 Å². The average Bonchev–Trinajstić information content (AvgIpc) is 3.15. The van der Waals surface area contributed by atoms with Crippen molar-refractivity contribution in [3.05, 3.63) is 65.5 Å². The normalized spacial score (nSPS) is 22.6. The lowest BCUT2D eigenvalue weighted by Gasteiger charge is -2.39. The fourth-order valence-corrected chi connectivity index (χ4v) is 4.11. The maximum Gasteiger partial charge on any atom is 0.181 e. The molecule has 0 atom stereocenters. The SMILES string of the molecule is Cc1cccc(NC2(c3nnnn3-c3ccccc3C)CCC(C)CC2)c1. The van der Waals surface area contributed by atoms with Gasteiger partial charge in [0.05, 0.1) is 11.2 Å². The summed E-state index contributed by atoms with van der Waals surface area (Å²) < 4.78 is 1.92. The topological polar surface area (TPSA) is 55.6 Å². The van der Waals surface area contributed by atoms with E-state index in [1.807, 2.05) is 16.8 Å². The Kier molecular flexibility index (Phi) is 4.68. The van der Waals surface area contributed by atoms with Gasteiger partial charge in [0.2, 0.25) is 0 Å². The Morgan fingerprint density at radius 1 is 1.04 bits per heavy atom. The summed E-state index contributed by atoms with van der Waals surface area (Å²) in [6, 6.07) is 16.8. The van der Waals surface area contributed by atoms with Crippen LogP contribution in [0.25, 0.3) is 5.69 Å². The van der Waals surface area contributed by atoms with E-state index in [1.165, 1.54) is 24.0 Å². The first-order chi connectivity index (χ1) is 13.1. The van der Waals surface area contributed by atoms with Gasteiger partial charge in [0.1, 0.15) is 0 Å². The maximum absolute atomic E-state index is 4.51. The minimum absolute atomic E-state index is 0.258. The molecule has 0 radical (unpaired) electrons. The van der Waals surface area contributed by atoms with Crippen molar-refractivity contribution >= 4 is 5.69 Å². The van der Waals surface area contributed by atoms with E-state index in [0.29, 0.717) is 0 Å². The molecule has 0 bridgehead atoms. The second kappa shape index (κ2) is 7.14. The van der Waals surface area contributed by atoms with Crippen LogP contribution in [0.5, 0.6) is 0 Å². The van der Waals surface area contributed by atoms with Crippen LogP contribution in [0.4, 0.5) is 5.69 Å². The van der Waals surface area contributed by atoms with E-state index in [4.69, 9.17) is 0 Å². The number of nitrogens with one attached hydrogen (secondary N) is 1. The molecule has 0 aliphatic heterocycles. The van der Waals surface area contributed by atoms with Crippen LogP contribution in [0.15, 0.2) is 48.5 Å². The van der Waals surface area contributed by atoms with Gasteiger partial charge < -0.3 is 5.32 Å². The Hall–Kier alpha value is -2.69. The third kappa shape index (κ3) is 3.46. The third-order valence-electron chi connectivity index (χ3n) is 5.77. The van der Waals surface area contributed by atoms with Crippen molar-refractivity contribution in [3.63, 3.8) is 0 Å². The van der Waals surface area contributed by atoms with E-state index >= 15 is 0 Å². The molecule has 5 nitrogen and oxygen atoms in total. The number of para-hydroxylation sites is 1. The second-order valence-corrected chi connectivity index (χ2v) is 7.96. The van der Waals surface area contributed by atoms with Crippen LogP contribution in [-0.4, -0.2) is 20.2 Å². The van der Waals surface area contributed by atoms with E-state index in [-0.39, 0.29) is 5.54 Å². The predicted molar refractivity (Wildman–Crippen MR) is 108 cm³/mol. The first kappa shape index (κ1) is 17.7. The first-order valence-corrected chi connectivity index (χ1v) is 9.77. The monoisotopic (exact) mass is 361 g/mol. The minimum atomic E-state index is -0.258. The van der Waals surface area contributed by atoms with Crippen molar-refractivity contribution in [1.29, 1.82) is 0 Å². The fourth-order valence-electron chi connectivity index (χ4n) is 4.11. The molecule has 1 heterocycles. The molecule has 4 rings (SSSR count). The van der Waals surface area contributed by atoms with Crippen LogP contribution in [0.3, 0.4) is 0 Å². The van der Waals surface area contributed by atoms with Crippen molar-refractivity contribution < 1.29 is 0 Å². The van der Waals surface area contributed by atoms with Gasteiger partial charge in [0.25, 0.3) is 0 Å². The summed E-state index contributed by atoms with van der Waals surface area (Å²) in [5.41, 5.74) is 4.33. The Labute approximate surface area is 160 Å². The first-order valence-electron chi connectivity index (χ1n) is 9.77. The highest BCUT2D eigenvalue weighted by molar-refractivity contribution is 5.49. The molecule has 1 fully saturated rings. The van der Waals surface area contributed by atoms with Gasteiger partial charge in [-0.15, -0.1) is 5.10 Å². The van der Waals surface area contributed by atoms with E-state index in [0.717, 1.165) is 36.0 Å². The lowest BCUT2D eigenvalue weighted by atomic mass is 9.76. The lowest BCUT2D eigenvalue weighted by molar-refractivity contribution is 0.255. The van der Waals surface area contributed by atoms with Gasteiger partial charge in [-0.3, -0.25) is 0 Å². The van der Waals surface area contributed by atoms with Crippen LogP contribution >= 0.6 is 0 Å². The highest BCUT2D eigenvalue weighted by Gasteiger charge is 2.41. The zero-order valence-electron chi connectivity index (χ0n) is 16.3. The second-order valence-electron chi connectivity index (χ2n) is 7.96. The number of tetrazole rings is 1. The van der Waals surface area contributed by atoms with E-state index in [1.54, 1.807) is 0 Å². The number of benzene rings is 2. The number of aryl methyl sites for hydroxylation is 2. The van der Waals surface area contributed by atoms with E-state index in [2.05, 4.69) is 78.0 Å². The van der Waals surface area contributed by atoms with Gasteiger partial charge in [-0.1, -0.05) is 37.3 Å². The zero-order chi connectivity index (χ0) is 18.9. The number of anilines is 1. The van der Waals surface area contributed by atoms with Crippen molar-refractivity contribution in [1.82, 2.24) is 20.2 Å². The molecular weight excluding hydrogens is 334 g/mol.